The van der Waals surface area contributed by atoms with Gasteiger partial charge in [0.05, 0.1) is 13.2 Å². The molecule has 2 aliphatic rings. The molecule has 0 radical (unpaired) electrons. The summed E-state index contributed by atoms with van der Waals surface area (Å²) in [5.41, 5.74) is 2.57. The Morgan fingerprint density at radius 1 is 1.23 bits per heavy atom. The minimum Gasteiger partial charge on any atom is -0.379 e. The van der Waals surface area contributed by atoms with Gasteiger partial charge in [0.2, 0.25) is 0 Å². The van der Waals surface area contributed by atoms with Crippen molar-refractivity contribution < 1.29 is 17.9 Å². The zero-order valence-electron chi connectivity index (χ0n) is 16.6. The van der Waals surface area contributed by atoms with Crippen molar-refractivity contribution in [3.8, 4) is 10.6 Å². The average molecular weight is 467 g/mol. The first-order valence-corrected chi connectivity index (χ1v) is 11.4. The van der Waals surface area contributed by atoms with Crippen LogP contribution in [0.25, 0.3) is 27.2 Å². The topological polar surface area (TPSA) is 43.2 Å². The summed E-state index contributed by atoms with van der Waals surface area (Å²) in [6.45, 7) is 3.55. The predicted molar refractivity (Wildman–Crippen MR) is 118 cm³/mol. The van der Waals surface area contributed by atoms with E-state index in [0.29, 0.717) is 22.3 Å². The lowest BCUT2D eigenvalue weighted by molar-refractivity contribution is -0.140. The highest BCUT2D eigenvalue weighted by molar-refractivity contribution is 7.78. The van der Waals surface area contributed by atoms with Crippen LogP contribution in [-0.4, -0.2) is 51.2 Å². The van der Waals surface area contributed by atoms with Gasteiger partial charge in [-0.3, -0.25) is 8.87 Å². The van der Waals surface area contributed by atoms with Crippen LogP contribution in [0.5, 0.6) is 0 Å². The number of aromatic nitrogens is 3. The van der Waals surface area contributed by atoms with Gasteiger partial charge in [0, 0.05) is 47.9 Å². The van der Waals surface area contributed by atoms with Crippen molar-refractivity contribution in [2.75, 3.05) is 26.3 Å². The third-order valence-corrected chi connectivity index (χ3v) is 7.15. The number of rotatable bonds is 3. The molecule has 31 heavy (non-hydrogen) atoms. The molecule has 10 heteroatoms. The Morgan fingerprint density at radius 3 is 2.71 bits per heavy atom. The van der Waals surface area contributed by atoms with Gasteiger partial charge in [0.1, 0.15) is 10.7 Å². The first-order chi connectivity index (χ1) is 14.9. The second kappa shape index (κ2) is 8.23. The molecule has 1 unspecified atom stereocenters. The van der Waals surface area contributed by atoms with Gasteiger partial charge in [-0.1, -0.05) is 18.9 Å². The SMILES string of the molecule is FC(F)(F)c1csc(-c2cn(S)c3ncc(C4=CCC(N5CCOCC5)CC4)cc23)n1. The Morgan fingerprint density at radius 2 is 2.03 bits per heavy atom. The van der Waals surface area contributed by atoms with E-state index in [0.717, 1.165) is 73.2 Å². The average Bonchev–Trinajstić information content (AvgIpc) is 3.39. The smallest absolute Gasteiger partial charge is 0.379 e. The molecule has 0 aromatic carbocycles. The van der Waals surface area contributed by atoms with Crippen LogP contribution in [0.2, 0.25) is 0 Å². The van der Waals surface area contributed by atoms with E-state index in [1.807, 2.05) is 12.3 Å². The van der Waals surface area contributed by atoms with Crippen LogP contribution >= 0.6 is 24.2 Å². The summed E-state index contributed by atoms with van der Waals surface area (Å²) < 4.78 is 46.0. The summed E-state index contributed by atoms with van der Waals surface area (Å²) in [5.74, 6) is 0. The molecule has 1 saturated heterocycles. The first-order valence-electron chi connectivity index (χ1n) is 10.1. The highest BCUT2D eigenvalue weighted by atomic mass is 32.1. The number of allylic oxidation sites excluding steroid dienone is 1. The molecule has 3 aromatic rings. The van der Waals surface area contributed by atoms with E-state index >= 15 is 0 Å². The Balaban J connectivity index is 1.44. The maximum atomic E-state index is 13.0. The van der Waals surface area contributed by atoms with Gasteiger partial charge in [0.15, 0.2) is 5.69 Å². The van der Waals surface area contributed by atoms with E-state index in [2.05, 4.69) is 33.8 Å². The molecule has 0 amide bonds. The van der Waals surface area contributed by atoms with Gasteiger partial charge >= 0.3 is 6.18 Å². The van der Waals surface area contributed by atoms with E-state index in [1.54, 1.807) is 6.20 Å². The zero-order valence-corrected chi connectivity index (χ0v) is 18.3. The number of alkyl halides is 3. The number of fused-ring (bicyclic) bond motifs is 1. The molecule has 1 fully saturated rings. The highest BCUT2D eigenvalue weighted by Gasteiger charge is 2.34. The van der Waals surface area contributed by atoms with E-state index < -0.39 is 11.9 Å². The molecule has 1 aliphatic carbocycles. The monoisotopic (exact) mass is 466 g/mol. The lowest BCUT2D eigenvalue weighted by Gasteiger charge is -2.36. The number of thiol groups is 1. The molecule has 1 aliphatic heterocycles. The third-order valence-electron chi connectivity index (χ3n) is 5.97. The third kappa shape index (κ3) is 4.13. The summed E-state index contributed by atoms with van der Waals surface area (Å²) in [6, 6.07) is 2.54. The largest absolute Gasteiger partial charge is 0.434 e. The zero-order chi connectivity index (χ0) is 21.6. The van der Waals surface area contributed by atoms with Gasteiger partial charge in [-0.25, -0.2) is 9.97 Å². The van der Waals surface area contributed by atoms with Crippen molar-refractivity contribution in [1.82, 2.24) is 18.8 Å². The number of nitrogens with zero attached hydrogens (tertiary/aromatic N) is 4. The lowest BCUT2D eigenvalue weighted by Crippen LogP contribution is -2.43. The van der Waals surface area contributed by atoms with Crippen molar-refractivity contribution in [2.24, 2.45) is 0 Å². The molecular weight excluding hydrogens is 445 g/mol. The Labute approximate surface area is 187 Å². The standard InChI is InChI=1S/C21H21F3N4OS2/c22-21(23,24)18-12-31-20(26-18)17-11-28(30)19-16(17)9-14(10-25-19)13-1-3-15(4-2-13)27-5-7-29-8-6-27/h1,9-12,15,30H,2-8H2. The van der Waals surface area contributed by atoms with E-state index in [9.17, 15) is 13.2 Å². The van der Waals surface area contributed by atoms with Gasteiger partial charge < -0.3 is 4.74 Å². The van der Waals surface area contributed by atoms with Gasteiger partial charge in [-0.2, -0.15) is 13.2 Å². The summed E-state index contributed by atoms with van der Waals surface area (Å²) >= 11 is 5.37. The van der Waals surface area contributed by atoms with Gasteiger partial charge in [-0.15, -0.1) is 11.3 Å². The fourth-order valence-electron chi connectivity index (χ4n) is 4.32. The minimum atomic E-state index is -4.46. The summed E-state index contributed by atoms with van der Waals surface area (Å²) in [4.78, 5) is 10.8. The molecule has 0 saturated carbocycles. The number of hydrogen-bond donors (Lipinski definition) is 1. The van der Waals surface area contributed by atoms with Crippen LogP contribution in [0.1, 0.15) is 30.5 Å². The van der Waals surface area contributed by atoms with Gasteiger partial charge in [0.25, 0.3) is 0 Å². The van der Waals surface area contributed by atoms with Crippen molar-refractivity contribution in [3.05, 3.63) is 41.2 Å². The molecule has 5 rings (SSSR count). The van der Waals surface area contributed by atoms with Crippen LogP contribution in [-0.2, 0) is 10.9 Å². The van der Waals surface area contributed by atoms with Crippen LogP contribution in [0.4, 0.5) is 13.2 Å². The maximum absolute atomic E-state index is 13.0. The van der Waals surface area contributed by atoms with Crippen molar-refractivity contribution in [3.63, 3.8) is 0 Å². The number of ether oxygens (including phenoxy) is 1. The molecular formula is C21H21F3N4OS2. The molecule has 4 heterocycles. The van der Waals surface area contributed by atoms with Crippen LogP contribution < -0.4 is 0 Å². The normalized spacial score (nSPS) is 20.9. The van der Waals surface area contributed by atoms with Crippen LogP contribution in [0, 0.1) is 0 Å². The quantitative estimate of drug-likeness (QED) is 0.543. The molecule has 0 N–H and O–H groups in total. The molecule has 5 nitrogen and oxygen atoms in total. The summed E-state index contributed by atoms with van der Waals surface area (Å²) in [5, 5.41) is 2.12. The molecule has 1 atom stereocenters. The number of hydrogen-bond acceptors (Lipinski definition) is 6. The second-order valence-electron chi connectivity index (χ2n) is 7.82. The number of thiazole rings is 1. The Hall–Kier alpha value is -1.88. The fourth-order valence-corrected chi connectivity index (χ4v) is 5.45. The first kappa shape index (κ1) is 21.0. The number of halogens is 3. The predicted octanol–water partition coefficient (Wildman–Crippen LogP) is 5.14. The van der Waals surface area contributed by atoms with Crippen molar-refractivity contribution in [1.29, 1.82) is 0 Å². The van der Waals surface area contributed by atoms with Crippen LogP contribution in [0.3, 0.4) is 0 Å². The maximum Gasteiger partial charge on any atom is 0.434 e. The van der Waals surface area contributed by atoms with E-state index in [1.165, 1.54) is 9.55 Å². The lowest BCUT2D eigenvalue weighted by atomic mass is 9.90. The molecule has 0 bridgehead atoms. The summed E-state index contributed by atoms with van der Waals surface area (Å²) in [6.07, 6.45) is 4.31. The number of morpholine rings is 1. The van der Waals surface area contributed by atoms with Crippen molar-refractivity contribution >= 4 is 40.8 Å². The molecule has 0 spiro atoms. The Kier molecular flexibility index (Phi) is 5.58. The fraction of sp³-hybridized carbons (Fsp3) is 0.429. The number of pyridine rings is 1. The van der Waals surface area contributed by atoms with Crippen molar-refractivity contribution in [2.45, 2.75) is 31.5 Å². The molecule has 164 valence electrons. The Bertz CT molecular complexity index is 1130. The van der Waals surface area contributed by atoms with Gasteiger partial charge in [-0.05, 0) is 36.5 Å². The highest BCUT2D eigenvalue weighted by Crippen LogP contribution is 2.38. The summed E-state index contributed by atoms with van der Waals surface area (Å²) in [7, 11) is 0. The minimum absolute atomic E-state index is 0.314. The van der Waals surface area contributed by atoms with E-state index in [-0.39, 0.29) is 0 Å². The van der Waals surface area contributed by atoms with E-state index in [4.69, 9.17) is 4.74 Å². The molecule has 3 aromatic heterocycles. The second-order valence-corrected chi connectivity index (χ2v) is 9.11. The van der Waals surface area contributed by atoms with Crippen LogP contribution in [0.15, 0.2) is 29.9 Å².